The minimum Gasteiger partial charge on any atom is -0.489 e. The Bertz CT molecular complexity index is 1850. The van der Waals surface area contributed by atoms with Crippen molar-refractivity contribution in [3.63, 3.8) is 0 Å². The summed E-state index contributed by atoms with van der Waals surface area (Å²) in [7, 11) is 1.37. The molecule has 0 spiro atoms. The molecule has 0 aliphatic carbocycles. The number of benzene rings is 5. The topological polar surface area (TPSA) is 88.1 Å². The zero-order valence-corrected chi connectivity index (χ0v) is 25.9. The first-order valence-corrected chi connectivity index (χ1v) is 14.8. The largest absolute Gasteiger partial charge is 0.489 e. The molecule has 46 heavy (non-hydrogen) atoms. The Morgan fingerprint density at radius 2 is 1.17 bits per heavy atom. The lowest BCUT2D eigenvalue weighted by Crippen LogP contribution is -2.10. The maximum Gasteiger partial charge on any atom is 0.338 e. The van der Waals surface area contributed by atoms with E-state index < -0.39 is 11.9 Å². The van der Waals surface area contributed by atoms with Crippen LogP contribution in [-0.4, -0.2) is 25.0 Å². The third kappa shape index (κ3) is 7.68. The highest BCUT2D eigenvalue weighted by atomic mass is 16.5. The van der Waals surface area contributed by atoms with E-state index in [-0.39, 0.29) is 25.8 Å². The van der Waals surface area contributed by atoms with Gasteiger partial charge in [0, 0.05) is 0 Å². The van der Waals surface area contributed by atoms with Gasteiger partial charge in [0.05, 0.1) is 23.8 Å². The number of ether oxygens (including phenoxy) is 4. The van der Waals surface area contributed by atoms with Gasteiger partial charge in [-0.05, 0) is 101 Å². The van der Waals surface area contributed by atoms with Gasteiger partial charge >= 0.3 is 17.9 Å². The monoisotopic (exact) mass is 614 g/mol. The second kappa shape index (κ2) is 14.9. The van der Waals surface area contributed by atoms with Crippen molar-refractivity contribution >= 4 is 17.9 Å². The summed E-state index contributed by atoms with van der Waals surface area (Å²) < 4.78 is 22.4. The maximum absolute atomic E-state index is 12.7. The van der Waals surface area contributed by atoms with Crippen LogP contribution in [0.25, 0.3) is 11.1 Å². The first kappa shape index (κ1) is 31.7. The van der Waals surface area contributed by atoms with Crippen molar-refractivity contribution in [2.45, 2.75) is 33.7 Å². The van der Waals surface area contributed by atoms with E-state index in [1.54, 1.807) is 54.6 Å². The molecule has 0 saturated carbocycles. The smallest absolute Gasteiger partial charge is 0.338 e. The highest BCUT2D eigenvalue weighted by molar-refractivity contribution is 5.91. The van der Waals surface area contributed by atoms with Gasteiger partial charge in [-0.15, -0.1) is 0 Å². The molecule has 0 aliphatic heterocycles. The van der Waals surface area contributed by atoms with E-state index in [0.717, 1.165) is 33.4 Å². The zero-order chi connectivity index (χ0) is 32.5. The molecule has 0 heterocycles. The molecule has 5 aromatic rings. The van der Waals surface area contributed by atoms with Gasteiger partial charge in [0.2, 0.25) is 0 Å². The fourth-order valence-corrected chi connectivity index (χ4v) is 5.08. The van der Waals surface area contributed by atoms with Gasteiger partial charge in [0.25, 0.3) is 0 Å². The van der Waals surface area contributed by atoms with E-state index in [9.17, 15) is 14.4 Å². The van der Waals surface area contributed by atoms with Crippen LogP contribution in [0.15, 0.2) is 115 Å². The Morgan fingerprint density at radius 3 is 1.78 bits per heavy atom. The lowest BCUT2D eigenvalue weighted by Gasteiger charge is -2.16. The standard InChI is InChI=1S/C39H34O7/c1-26-21-31(37(40)43-3)19-20-34(26)35-15-10-16-36(27(35)2)44-23-28-17-18-32(24-45-38(41)29-11-6-4-7-12-29)33(22-28)25-46-39(42)30-13-8-5-9-14-30/h4-22H,23-25H2,1-3H3. The highest BCUT2D eigenvalue weighted by Crippen LogP contribution is 2.33. The molecule has 0 amide bonds. The molecular formula is C39H34O7. The Labute approximate surface area is 268 Å². The Morgan fingerprint density at radius 1 is 0.543 bits per heavy atom. The molecule has 0 atom stereocenters. The minimum atomic E-state index is -0.447. The van der Waals surface area contributed by atoms with Crippen LogP contribution in [0.3, 0.4) is 0 Å². The molecule has 0 unspecified atom stereocenters. The minimum absolute atomic E-state index is 0.00481. The third-order valence-electron chi connectivity index (χ3n) is 7.62. The van der Waals surface area contributed by atoms with Crippen molar-refractivity contribution in [3.05, 3.63) is 160 Å². The molecule has 5 aromatic carbocycles. The summed E-state index contributed by atoms with van der Waals surface area (Å²) in [6, 6.07) is 34.6. The Kier molecular flexibility index (Phi) is 10.2. The van der Waals surface area contributed by atoms with Gasteiger partial charge in [0.15, 0.2) is 0 Å². The predicted molar refractivity (Wildman–Crippen MR) is 175 cm³/mol. The van der Waals surface area contributed by atoms with Crippen LogP contribution in [0.4, 0.5) is 0 Å². The van der Waals surface area contributed by atoms with Crippen molar-refractivity contribution in [2.75, 3.05) is 7.11 Å². The SMILES string of the molecule is COC(=O)c1ccc(-c2cccc(OCc3ccc(COC(=O)c4ccccc4)c(COC(=O)c4ccccc4)c3)c2C)c(C)c1. The number of carbonyl (C=O) groups is 3. The number of hydrogen-bond acceptors (Lipinski definition) is 7. The first-order chi connectivity index (χ1) is 22.3. The number of hydrogen-bond donors (Lipinski definition) is 0. The normalized spacial score (nSPS) is 10.6. The van der Waals surface area contributed by atoms with Gasteiger partial charge in [-0.25, -0.2) is 14.4 Å². The molecule has 0 bridgehead atoms. The summed E-state index contributed by atoms with van der Waals surface area (Å²) in [5.41, 5.74) is 7.57. The fraction of sp³-hybridized carbons (Fsp3) is 0.154. The molecule has 0 aromatic heterocycles. The summed E-state index contributed by atoms with van der Waals surface area (Å²) in [5.74, 6) is -0.549. The van der Waals surface area contributed by atoms with E-state index in [2.05, 4.69) is 0 Å². The van der Waals surface area contributed by atoms with Gasteiger partial charge < -0.3 is 18.9 Å². The van der Waals surface area contributed by atoms with Crippen LogP contribution < -0.4 is 4.74 Å². The lowest BCUT2D eigenvalue weighted by molar-refractivity contribution is 0.0435. The second-order valence-corrected chi connectivity index (χ2v) is 10.7. The molecule has 0 saturated heterocycles. The Balaban J connectivity index is 1.34. The number of rotatable bonds is 11. The van der Waals surface area contributed by atoms with Crippen LogP contribution in [-0.2, 0) is 34.0 Å². The van der Waals surface area contributed by atoms with E-state index in [1.165, 1.54) is 7.11 Å². The predicted octanol–water partition coefficient (Wildman–Crippen LogP) is 8.05. The summed E-state index contributed by atoms with van der Waals surface area (Å²) in [6.07, 6.45) is 0. The molecule has 7 nitrogen and oxygen atoms in total. The molecule has 0 radical (unpaired) electrons. The van der Waals surface area contributed by atoms with Gasteiger partial charge in [-0.3, -0.25) is 0 Å². The molecule has 5 rings (SSSR count). The fourth-order valence-electron chi connectivity index (χ4n) is 5.08. The molecule has 0 N–H and O–H groups in total. The van der Waals surface area contributed by atoms with Crippen molar-refractivity contribution in [3.8, 4) is 16.9 Å². The second-order valence-electron chi connectivity index (χ2n) is 10.7. The van der Waals surface area contributed by atoms with E-state index in [4.69, 9.17) is 18.9 Å². The maximum atomic E-state index is 12.7. The number of carbonyl (C=O) groups excluding carboxylic acids is 3. The van der Waals surface area contributed by atoms with Crippen LogP contribution in [0.5, 0.6) is 5.75 Å². The van der Waals surface area contributed by atoms with E-state index in [0.29, 0.717) is 28.0 Å². The lowest BCUT2D eigenvalue weighted by atomic mass is 9.94. The zero-order valence-electron chi connectivity index (χ0n) is 25.9. The van der Waals surface area contributed by atoms with Crippen LogP contribution in [0.2, 0.25) is 0 Å². The summed E-state index contributed by atoms with van der Waals surface area (Å²) in [4.78, 5) is 37.3. The van der Waals surface area contributed by atoms with E-state index in [1.807, 2.05) is 74.5 Å². The average Bonchev–Trinajstić information content (AvgIpc) is 3.10. The summed E-state index contributed by atoms with van der Waals surface area (Å²) >= 11 is 0. The molecular weight excluding hydrogens is 580 g/mol. The quantitative estimate of drug-likeness (QED) is 0.110. The average molecular weight is 615 g/mol. The summed E-state index contributed by atoms with van der Waals surface area (Å²) in [6.45, 7) is 4.22. The molecule has 0 fully saturated rings. The van der Waals surface area contributed by atoms with Gasteiger partial charge in [-0.2, -0.15) is 0 Å². The molecule has 0 aliphatic rings. The molecule has 7 heteroatoms. The van der Waals surface area contributed by atoms with Gasteiger partial charge in [-0.1, -0.05) is 66.7 Å². The van der Waals surface area contributed by atoms with Crippen LogP contribution in [0.1, 0.15) is 58.9 Å². The van der Waals surface area contributed by atoms with Crippen LogP contribution >= 0.6 is 0 Å². The third-order valence-corrected chi connectivity index (χ3v) is 7.62. The van der Waals surface area contributed by atoms with Gasteiger partial charge in [0.1, 0.15) is 25.6 Å². The number of methoxy groups -OCH3 is 1. The number of aryl methyl sites for hydroxylation is 1. The number of esters is 3. The molecule has 232 valence electrons. The van der Waals surface area contributed by atoms with Crippen molar-refractivity contribution in [1.29, 1.82) is 0 Å². The highest BCUT2D eigenvalue weighted by Gasteiger charge is 2.15. The van der Waals surface area contributed by atoms with Crippen LogP contribution in [0, 0.1) is 13.8 Å². The summed E-state index contributed by atoms with van der Waals surface area (Å²) in [5, 5.41) is 0. The Hall–Kier alpha value is -5.69. The van der Waals surface area contributed by atoms with Crippen molar-refractivity contribution in [1.82, 2.24) is 0 Å². The van der Waals surface area contributed by atoms with Crippen molar-refractivity contribution in [2.24, 2.45) is 0 Å². The van der Waals surface area contributed by atoms with E-state index >= 15 is 0 Å². The first-order valence-electron chi connectivity index (χ1n) is 14.8. The van der Waals surface area contributed by atoms with Crippen molar-refractivity contribution < 1.29 is 33.3 Å².